The van der Waals surface area contributed by atoms with Crippen molar-refractivity contribution in [1.82, 2.24) is 9.13 Å². The quantitative estimate of drug-likeness (QED) is 0.172. The number of benzene rings is 9. The van der Waals surface area contributed by atoms with E-state index >= 15 is 0 Å². The lowest BCUT2D eigenvalue weighted by atomic mass is 10.0. The molecule has 12 rings (SSSR count). The highest BCUT2D eigenvalue weighted by Gasteiger charge is 2.19. The van der Waals surface area contributed by atoms with E-state index in [1.807, 2.05) is 11.3 Å². The van der Waals surface area contributed by atoms with Gasteiger partial charge in [-0.15, -0.1) is 11.3 Å². The molecule has 3 heteroatoms. The molecule has 0 radical (unpaired) electrons. The molecule has 0 unspecified atom stereocenters. The van der Waals surface area contributed by atoms with E-state index in [2.05, 4.69) is 203 Å². The first-order chi connectivity index (χ1) is 27.3. The van der Waals surface area contributed by atoms with Crippen LogP contribution >= 0.6 is 11.3 Å². The van der Waals surface area contributed by atoms with Crippen molar-refractivity contribution in [1.29, 1.82) is 0 Å². The van der Waals surface area contributed by atoms with E-state index in [1.165, 1.54) is 102 Å². The Labute approximate surface area is 321 Å². The molecule has 0 aliphatic rings. The van der Waals surface area contributed by atoms with Crippen LogP contribution in [0.4, 0.5) is 0 Å². The summed E-state index contributed by atoms with van der Waals surface area (Å²) >= 11 is 1.90. The van der Waals surface area contributed by atoms with Gasteiger partial charge >= 0.3 is 0 Å². The molecule has 0 aliphatic heterocycles. The highest BCUT2D eigenvalue weighted by molar-refractivity contribution is 7.26. The Kier molecular flexibility index (Phi) is 6.54. The summed E-state index contributed by atoms with van der Waals surface area (Å²) in [5.41, 5.74) is 12.1. The zero-order valence-electron chi connectivity index (χ0n) is 29.8. The Balaban J connectivity index is 1.06. The number of thiophene rings is 1. The van der Waals surface area contributed by atoms with Crippen LogP contribution in [0.15, 0.2) is 194 Å². The van der Waals surface area contributed by atoms with Gasteiger partial charge in [-0.05, 0) is 99.8 Å². The van der Waals surface area contributed by atoms with Crippen molar-refractivity contribution in [2.45, 2.75) is 0 Å². The van der Waals surface area contributed by atoms with E-state index in [9.17, 15) is 0 Å². The van der Waals surface area contributed by atoms with Crippen molar-refractivity contribution in [3.8, 4) is 33.6 Å². The molecule has 9 aromatic carbocycles. The molecular weight excluding hydrogens is 685 g/mol. The molecule has 0 saturated carbocycles. The molecule has 2 nitrogen and oxygen atoms in total. The zero-order valence-corrected chi connectivity index (χ0v) is 30.6. The Bertz CT molecular complexity index is 3470. The van der Waals surface area contributed by atoms with Crippen LogP contribution in [0.25, 0.3) is 108 Å². The molecular formula is C52H32N2S. The van der Waals surface area contributed by atoms with Crippen LogP contribution in [0.1, 0.15) is 0 Å². The smallest absolute Gasteiger partial charge is 0.0719 e. The first-order valence-electron chi connectivity index (χ1n) is 18.8. The number of aromatic nitrogens is 2. The Hall–Kier alpha value is -6.94. The zero-order chi connectivity index (χ0) is 36.0. The number of para-hydroxylation sites is 2. The maximum atomic E-state index is 2.49. The molecule has 55 heavy (non-hydrogen) atoms. The molecule has 0 fully saturated rings. The molecule has 0 spiro atoms. The lowest BCUT2D eigenvalue weighted by molar-refractivity contribution is 1.18. The van der Waals surface area contributed by atoms with Gasteiger partial charge in [0, 0.05) is 48.4 Å². The number of rotatable bonds is 4. The largest absolute Gasteiger partial charge is 0.309 e. The van der Waals surface area contributed by atoms with Crippen LogP contribution in [0.3, 0.4) is 0 Å². The molecule has 3 heterocycles. The average molecular weight is 717 g/mol. The molecule has 256 valence electrons. The van der Waals surface area contributed by atoms with Crippen LogP contribution in [-0.4, -0.2) is 9.13 Å². The second kappa shape index (κ2) is 11.8. The minimum absolute atomic E-state index is 1.16. The summed E-state index contributed by atoms with van der Waals surface area (Å²) in [5, 5.41) is 10.2. The number of fused-ring (bicyclic) bond motifs is 11. The van der Waals surface area contributed by atoms with Crippen LogP contribution in [0, 0.1) is 0 Å². The SMILES string of the molecule is c1ccc(-n2c3ccccc3c3cc(-c4ccc5c(c4)c4ccc6c7ccccc7sc6c4n5-c4ccc(-c5ccc6ccccc6c5)cc4)ccc32)cc1. The topological polar surface area (TPSA) is 9.86 Å². The van der Waals surface area contributed by atoms with Crippen molar-refractivity contribution in [2.75, 3.05) is 0 Å². The average Bonchev–Trinajstić information content (AvgIpc) is 3.91. The first kappa shape index (κ1) is 30.5. The number of hydrogen-bond acceptors (Lipinski definition) is 1. The summed E-state index contributed by atoms with van der Waals surface area (Å²) in [5.74, 6) is 0. The van der Waals surface area contributed by atoms with E-state index in [0.717, 1.165) is 5.69 Å². The summed E-state index contributed by atoms with van der Waals surface area (Å²) in [6, 6.07) is 71.4. The highest BCUT2D eigenvalue weighted by atomic mass is 32.1. The van der Waals surface area contributed by atoms with Gasteiger partial charge in [-0.1, -0.05) is 127 Å². The van der Waals surface area contributed by atoms with Gasteiger partial charge in [0.15, 0.2) is 0 Å². The predicted octanol–water partition coefficient (Wildman–Crippen LogP) is 14.7. The van der Waals surface area contributed by atoms with Crippen molar-refractivity contribution >= 4 is 85.9 Å². The summed E-state index contributed by atoms with van der Waals surface area (Å²) in [6.45, 7) is 0. The fourth-order valence-electron chi connectivity index (χ4n) is 8.91. The van der Waals surface area contributed by atoms with Gasteiger partial charge in [-0.25, -0.2) is 0 Å². The van der Waals surface area contributed by atoms with Gasteiger partial charge < -0.3 is 9.13 Å². The predicted molar refractivity (Wildman–Crippen MR) is 236 cm³/mol. The molecule has 0 bridgehead atoms. The lowest BCUT2D eigenvalue weighted by Crippen LogP contribution is -1.94. The summed E-state index contributed by atoms with van der Waals surface area (Å²) < 4.78 is 7.52. The standard InChI is InChI=1S/C52H32N2S/c1-2-12-39(13-3-1)53-47-16-8-6-14-41(47)45-31-37(22-28-48(45)53)38-23-29-49-46(32-38)43-26-27-44-42-15-7-9-17-50(42)55-52(44)51(43)54(49)40-24-20-34(21-25-40)36-19-18-33-10-4-5-11-35(33)30-36/h1-32H. The molecule has 12 aromatic rings. The van der Waals surface area contributed by atoms with Gasteiger partial charge in [0.05, 0.1) is 26.8 Å². The second-order valence-electron chi connectivity index (χ2n) is 14.5. The Morgan fingerprint density at radius 2 is 0.873 bits per heavy atom. The summed E-state index contributed by atoms with van der Waals surface area (Å²) in [7, 11) is 0. The summed E-state index contributed by atoms with van der Waals surface area (Å²) in [6.07, 6.45) is 0. The monoisotopic (exact) mass is 716 g/mol. The number of nitrogens with zero attached hydrogens (tertiary/aromatic N) is 2. The lowest BCUT2D eigenvalue weighted by Gasteiger charge is -2.11. The maximum absolute atomic E-state index is 2.49. The highest BCUT2D eigenvalue weighted by Crippen LogP contribution is 2.44. The van der Waals surface area contributed by atoms with Crippen LogP contribution in [0.5, 0.6) is 0 Å². The van der Waals surface area contributed by atoms with E-state index in [-0.39, 0.29) is 0 Å². The van der Waals surface area contributed by atoms with Gasteiger partial charge in [-0.2, -0.15) is 0 Å². The molecule has 0 N–H and O–H groups in total. The Morgan fingerprint density at radius 3 is 1.69 bits per heavy atom. The summed E-state index contributed by atoms with van der Waals surface area (Å²) in [4.78, 5) is 0. The van der Waals surface area contributed by atoms with Crippen LogP contribution in [0.2, 0.25) is 0 Å². The van der Waals surface area contributed by atoms with E-state index in [1.54, 1.807) is 0 Å². The third-order valence-corrected chi connectivity index (χ3v) is 12.7. The van der Waals surface area contributed by atoms with Gasteiger partial charge in [0.25, 0.3) is 0 Å². The van der Waals surface area contributed by atoms with Gasteiger partial charge in [-0.3, -0.25) is 0 Å². The van der Waals surface area contributed by atoms with Crippen molar-refractivity contribution < 1.29 is 0 Å². The van der Waals surface area contributed by atoms with Crippen molar-refractivity contribution in [2.24, 2.45) is 0 Å². The minimum atomic E-state index is 1.16. The van der Waals surface area contributed by atoms with Crippen LogP contribution < -0.4 is 0 Å². The molecule has 0 aliphatic carbocycles. The van der Waals surface area contributed by atoms with E-state index in [0.29, 0.717) is 0 Å². The van der Waals surface area contributed by atoms with Crippen molar-refractivity contribution in [3.63, 3.8) is 0 Å². The molecule has 0 amide bonds. The van der Waals surface area contributed by atoms with Crippen LogP contribution in [-0.2, 0) is 0 Å². The van der Waals surface area contributed by atoms with E-state index in [4.69, 9.17) is 0 Å². The van der Waals surface area contributed by atoms with Crippen molar-refractivity contribution in [3.05, 3.63) is 194 Å². The van der Waals surface area contributed by atoms with Gasteiger partial charge in [0.1, 0.15) is 0 Å². The fraction of sp³-hybridized carbons (Fsp3) is 0. The van der Waals surface area contributed by atoms with Gasteiger partial charge in [0.2, 0.25) is 0 Å². The number of hydrogen-bond donors (Lipinski definition) is 0. The fourth-order valence-corrected chi connectivity index (χ4v) is 10.1. The third kappa shape index (κ3) is 4.60. The second-order valence-corrected chi connectivity index (χ2v) is 15.6. The third-order valence-electron chi connectivity index (χ3n) is 11.5. The van der Waals surface area contributed by atoms with E-state index < -0.39 is 0 Å². The normalized spacial score (nSPS) is 12.0. The molecule has 3 aromatic heterocycles. The maximum Gasteiger partial charge on any atom is 0.0719 e. The molecule has 0 saturated heterocycles. The minimum Gasteiger partial charge on any atom is -0.309 e. The molecule has 0 atom stereocenters. The first-order valence-corrected chi connectivity index (χ1v) is 19.7. The Morgan fingerprint density at radius 1 is 0.309 bits per heavy atom.